The van der Waals surface area contributed by atoms with Crippen molar-refractivity contribution in [1.29, 1.82) is 0 Å². The molecule has 0 aliphatic carbocycles. The van der Waals surface area contributed by atoms with Gasteiger partial charge < -0.3 is 0 Å². The van der Waals surface area contributed by atoms with Crippen molar-refractivity contribution >= 4 is 23.5 Å². The van der Waals surface area contributed by atoms with Crippen LogP contribution in [-0.2, 0) is 5.41 Å². The molecule has 6 aromatic carbocycles. The van der Waals surface area contributed by atoms with Gasteiger partial charge in [0.05, 0.1) is 5.41 Å². The summed E-state index contributed by atoms with van der Waals surface area (Å²) in [7, 11) is 0. The lowest BCUT2D eigenvalue weighted by Gasteiger charge is -2.46. The first kappa shape index (κ1) is 23.0. The molecule has 184 valence electrons. The minimum absolute atomic E-state index is 0.413. The molecule has 6 aromatic rings. The maximum Gasteiger partial charge on any atom is 0.0745 e. The van der Waals surface area contributed by atoms with Crippen LogP contribution >= 0.6 is 23.5 Å². The van der Waals surface area contributed by atoms with Crippen LogP contribution in [0.25, 0.3) is 22.3 Å². The Hall–Kier alpha value is -3.98. The molecule has 1 spiro atoms. The molecule has 0 unspecified atom stereocenters. The van der Waals surface area contributed by atoms with Crippen LogP contribution in [0.2, 0.25) is 0 Å². The average Bonchev–Trinajstić information content (AvgIpc) is 3.01. The van der Waals surface area contributed by atoms with E-state index in [1.807, 2.05) is 23.5 Å². The highest BCUT2D eigenvalue weighted by atomic mass is 32.2. The Morgan fingerprint density at radius 2 is 0.692 bits per heavy atom. The second-order valence-electron chi connectivity index (χ2n) is 10.1. The fourth-order valence-corrected chi connectivity index (χ4v) is 8.63. The molecule has 2 heterocycles. The van der Waals surface area contributed by atoms with E-state index in [0.29, 0.717) is 0 Å². The van der Waals surface area contributed by atoms with Crippen molar-refractivity contribution in [3.8, 4) is 22.3 Å². The highest BCUT2D eigenvalue weighted by Gasteiger charge is 2.48. The van der Waals surface area contributed by atoms with Gasteiger partial charge in [0.1, 0.15) is 0 Å². The average molecular weight is 533 g/mol. The lowest BCUT2D eigenvalue weighted by Crippen LogP contribution is -2.36. The van der Waals surface area contributed by atoms with Gasteiger partial charge in [-0.2, -0.15) is 0 Å². The summed E-state index contributed by atoms with van der Waals surface area (Å²) < 4.78 is 0. The molecule has 8 rings (SSSR count). The fourth-order valence-electron chi connectivity index (χ4n) is 6.28. The van der Waals surface area contributed by atoms with E-state index in [2.05, 4.69) is 146 Å². The molecule has 0 saturated heterocycles. The number of benzene rings is 6. The molecule has 0 fully saturated rings. The normalized spacial score (nSPS) is 14.2. The van der Waals surface area contributed by atoms with Crippen LogP contribution in [0, 0.1) is 0 Å². The van der Waals surface area contributed by atoms with E-state index >= 15 is 0 Å². The summed E-state index contributed by atoms with van der Waals surface area (Å²) in [5, 5.41) is 0. The zero-order valence-electron chi connectivity index (χ0n) is 21.2. The molecule has 2 aliphatic rings. The lowest BCUT2D eigenvalue weighted by molar-refractivity contribution is 0.668. The van der Waals surface area contributed by atoms with Crippen molar-refractivity contribution in [3.05, 3.63) is 168 Å². The van der Waals surface area contributed by atoms with Crippen LogP contribution in [0.5, 0.6) is 0 Å². The van der Waals surface area contributed by atoms with Crippen molar-refractivity contribution < 1.29 is 0 Å². The molecule has 2 heteroatoms. The minimum atomic E-state index is -0.413. The second kappa shape index (κ2) is 9.05. The maximum absolute atomic E-state index is 2.46. The maximum atomic E-state index is 2.46. The monoisotopic (exact) mass is 532 g/mol. The Bertz CT molecular complexity index is 1720. The SMILES string of the molecule is c1ccc(-c2ccc3c(c2)C2(c4ccccc4Sc4ccccc42)c2cc(-c4ccccc4)ccc2S3)cc1. The quantitative estimate of drug-likeness (QED) is 0.217. The van der Waals surface area contributed by atoms with Gasteiger partial charge in [-0.3, -0.25) is 0 Å². The molecule has 0 atom stereocenters. The van der Waals surface area contributed by atoms with Gasteiger partial charge in [-0.05, 0) is 80.9 Å². The Balaban J connectivity index is 1.51. The van der Waals surface area contributed by atoms with Gasteiger partial charge in [-0.15, -0.1) is 0 Å². The molecule has 2 aliphatic heterocycles. The third-order valence-electron chi connectivity index (χ3n) is 8.00. The molecule has 39 heavy (non-hydrogen) atoms. The molecule has 0 aromatic heterocycles. The summed E-state index contributed by atoms with van der Waals surface area (Å²) in [6.07, 6.45) is 0. The number of hydrogen-bond acceptors (Lipinski definition) is 2. The third-order valence-corrected chi connectivity index (χ3v) is 10.3. The van der Waals surface area contributed by atoms with Gasteiger partial charge in [0, 0.05) is 19.6 Å². The van der Waals surface area contributed by atoms with Crippen LogP contribution in [0.3, 0.4) is 0 Å². The zero-order valence-corrected chi connectivity index (χ0v) is 22.8. The minimum Gasteiger partial charge on any atom is -0.0894 e. The fraction of sp³-hybridized carbons (Fsp3) is 0.0270. The summed E-state index contributed by atoms with van der Waals surface area (Å²) in [5.41, 5.74) is 10.1. The van der Waals surface area contributed by atoms with E-state index in [4.69, 9.17) is 0 Å². The van der Waals surface area contributed by atoms with E-state index in [0.717, 1.165) is 0 Å². The highest BCUT2D eigenvalue weighted by Crippen LogP contribution is 2.62. The third kappa shape index (κ3) is 3.49. The van der Waals surface area contributed by atoms with Gasteiger partial charge in [0.25, 0.3) is 0 Å². The van der Waals surface area contributed by atoms with Crippen molar-refractivity contribution in [3.63, 3.8) is 0 Å². The standard InChI is InChI=1S/C37H24S2/c1-3-11-25(12-4-1)27-19-21-35-31(23-27)37(29-15-7-9-17-33(29)38-34-18-10-8-16-30(34)37)32-24-28(20-22-36(32)39-35)26-13-5-2-6-14-26/h1-24H. The Morgan fingerprint density at radius 3 is 1.15 bits per heavy atom. The molecule has 0 saturated carbocycles. The summed E-state index contributed by atoms with van der Waals surface area (Å²) >= 11 is 3.79. The van der Waals surface area contributed by atoms with Gasteiger partial charge in [-0.25, -0.2) is 0 Å². The second-order valence-corrected chi connectivity index (χ2v) is 12.3. The molecule has 0 amide bonds. The summed E-state index contributed by atoms with van der Waals surface area (Å²) in [5.74, 6) is 0. The first-order valence-electron chi connectivity index (χ1n) is 13.3. The molecule has 0 nitrogen and oxygen atoms in total. The Kier molecular flexibility index (Phi) is 5.33. The summed E-state index contributed by atoms with van der Waals surface area (Å²) in [6.45, 7) is 0. The molecule has 0 N–H and O–H groups in total. The van der Waals surface area contributed by atoms with Crippen LogP contribution in [-0.4, -0.2) is 0 Å². The van der Waals surface area contributed by atoms with Crippen LogP contribution in [0.1, 0.15) is 22.3 Å². The predicted octanol–water partition coefficient (Wildman–Crippen LogP) is 10.3. The Labute approximate surface area is 237 Å². The molecule has 0 radical (unpaired) electrons. The predicted molar refractivity (Wildman–Crippen MR) is 164 cm³/mol. The van der Waals surface area contributed by atoms with Crippen molar-refractivity contribution in [2.24, 2.45) is 0 Å². The molecular weight excluding hydrogens is 509 g/mol. The van der Waals surface area contributed by atoms with Crippen molar-refractivity contribution in [2.75, 3.05) is 0 Å². The smallest absolute Gasteiger partial charge is 0.0745 e. The van der Waals surface area contributed by atoms with Gasteiger partial charge in [-0.1, -0.05) is 133 Å². The van der Waals surface area contributed by atoms with Crippen LogP contribution in [0.4, 0.5) is 0 Å². The largest absolute Gasteiger partial charge is 0.0894 e. The van der Waals surface area contributed by atoms with Crippen molar-refractivity contribution in [1.82, 2.24) is 0 Å². The van der Waals surface area contributed by atoms with E-state index < -0.39 is 5.41 Å². The van der Waals surface area contributed by atoms with Crippen LogP contribution < -0.4 is 0 Å². The topological polar surface area (TPSA) is 0 Å². The van der Waals surface area contributed by atoms with E-state index in [-0.39, 0.29) is 0 Å². The van der Waals surface area contributed by atoms with Crippen LogP contribution in [0.15, 0.2) is 165 Å². The van der Waals surface area contributed by atoms with E-state index in [9.17, 15) is 0 Å². The van der Waals surface area contributed by atoms with E-state index in [1.165, 1.54) is 64.1 Å². The molecular formula is C37H24S2. The number of rotatable bonds is 2. The summed E-state index contributed by atoms with van der Waals surface area (Å²) in [6, 6.07) is 53.8. The van der Waals surface area contributed by atoms with Gasteiger partial charge in [0.2, 0.25) is 0 Å². The van der Waals surface area contributed by atoms with Gasteiger partial charge >= 0.3 is 0 Å². The first-order chi connectivity index (χ1) is 19.3. The van der Waals surface area contributed by atoms with E-state index in [1.54, 1.807) is 0 Å². The molecule has 0 bridgehead atoms. The zero-order chi connectivity index (χ0) is 25.8. The first-order valence-corrected chi connectivity index (χ1v) is 14.9. The number of fused-ring (bicyclic) bond motifs is 8. The lowest BCUT2D eigenvalue weighted by atomic mass is 9.64. The highest BCUT2D eigenvalue weighted by molar-refractivity contribution is 8.00. The Morgan fingerprint density at radius 1 is 0.308 bits per heavy atom. The summed E-state index contributed by atoms with van der Waals surface area (Å²) in [4.78, 5) is 5.31. The number of hydrogen-bond donors (Lipinski definition) is 0. The van der Waals surface area contributed by atoms with Gasteiger partial charge in [0.15, 0.2) is 0 Å². The van der Waals surface area contributed by atoms with Crippen molar-refractivity contribution in [2.45, 2.75) is 25.0 Å².